The third-order valence-electron chi connectivity index (χ3n) is 7.69. The van der Waals surface area contributed by atoms with Crippen LogP contribution >= 0.6 is 0 Å². The molecule has 3 N–H and O–H groups in total. The Morgan fingerprint density at radius 3 is 2.18 bits per heavy atom. The highest BCUT2D eigenvalue weighted by Crippen LogP contribution is 2.36. The molecule has 1 aliphatic rings. The Bertz CT molecular complexity index is 1460. The minimum atomic E-state index is -1.03. The van der Waals surface area contributed by atoms with E-state index in [0.29, 0.717) is 17.0 Å². The van der Waals surface area contributed by atoms with Crippen LogP contribution in [0.5, 0.6) is 11.5 Å². The summed E-state index contributed by atoms with van der Waals surface area (Å²) in [5.41, 5.74) is 3.16. The average molecular weight is 602 g/mol. The van der Waals surface area contributed by atoms with Crippen molar-refractivity contribution in [3.05, 3.63) is 89.0 Å². The van der Waals surface area contributed by atoms with Gasteiger partial charge in [0.05, 0.1) is 7.11 Å². The number of nitrogens with zero attached hydrogens (tertiary/aromatic N) is 1. The number of phenolic OH excluding ortho intramolecular Hbond substituents is 1. The summed E-state index contributed by atoms with van der Waals surface area (Å²) in [4.78, 5) is 43.6. The van der Waals surface area contributed by atoms with Crippen LogP contribution in [0.15, 0.2) is 66.7 Å². The largest absolute Gasteiger partial charge is 0.508 e. The van der Waals surface area contributed by atoms with E-state index in [9.17, 15) is 19.5 Å². The SMILES string of the molecule is COc1ccc(NC(=O)C(c2ccc(C)cc2C)N(C(=O)C(Cc2ccc(O)cc2)NC(=O)OC(C)(C)C)C2CCC2)cc1. The molecule has 0 aliphatic heterocycles. The number of nitrogens with one attached hydrogen (secondary N) is 2. The van der Waals surface area contributed by atoms with E-state index in [1.165, 1.54) is 12.1 Å². The van der Waals surface area contributed by atoms with Gasteiger partial charge in [0.25, 0.3) is 5.91 Å². The van der Waals surface area contributed by atoms with Gasteiger partial charge in [0.2, 0.25) is 5.91 Å². The van der Waals surface area contributed by atoms with E-state index in [2.05, 4.69) is 10.6 Å². The van der Waals surface area contributed by atoms with Gasteiger partial charge in [-0.3, -0.25) is 9.59 Å². The molecule has 0 heterocycles. The average Bonchev–Trinajstić information content (AvgIpc) is 2.92. The van der Waals surface area contributed by atoms with Gasteiger partial charge in [-0.1, -0.05) is 35.9 Å². The predicted octanol–water partition coefficient (Wildman–Crippen LogP) is 6.21. The number of hydrogen-bond acceptors (Lipinski definition) is 6. The second-order valence-electron chi connectivity index (χ2n) is 12.4. The molecular weight excluding hydrogens is 558 g/mol. The lowest BCUT2D eigenvalue weighted by atomic mass is 9.86. The van der Waals surface area contributed by atoms with Gasteiger partial charge in [-0.15, -0.1) is 0 Å². The fourth-order valence-corrected chi connectivity index (χ4v) is 5.32. The Balaban J connectivity index is 1.76. The first-order valence-electron chi connectivity index (χ1n) is 15.0. The van der Waals surface area contributed by atoms with Crippen molar-refractivity contribution < 1.29 is 29.0 Å². The van der Waals surface area contributed by atoms with Crippen molar-refractivity contribution in [1.82, 2.24) is 10.2 Å². The van der Waals surface area contributed by atoms with E-state index in [-0.39, 0.29) is 30.0 Å². The molecule has 0 bridgehead atoms. The van der Waals surface area contributed by atoms with E-state index < -0.39 is 23.8 Å². The molecule has 2 atom stereocenters. The van der Waals surface area contributed by atoms with Crippen molar-refractivity contribution in [3.63, 3.8) is 0 Å². The van der Waals surface area contributed by atoms with Gasteiger partial charge in [-0.05, 0) is 107 Å². The second kappa shape index (κ2) is 13.8. The third-order valence-corrected chi connectivity index (χ3v) is 7.69. The normalized spacial score (nSPS) is 14.5. The van der Waals surface area contributed by atoms with Crippen molar-refractivity contribution >= 4 is 23.6 Å². The highest BCUT2D eigenvalue weighted by atomic mass is 16.6. The molecule has 0 radical (unpaired) electrons. The summed E-state index contributed by atoms with van der Waals surface area (Å²) in [6.45, 7) is 9.18. The van der Waals surface area contributed by atoms with Gasteiger partial charge in [0, 0.05) is 18.2 Å². The van der Waals surface area contributed by atoms with Crippen LogP contribution in [-0.4, -0.2) is 52.7 Å². The van der Waals surface area contributed by atoms with E-state index in [1.807, 2.05) is 32.0 Å². The van der Waals surface area contributed by atoms with Crippen LogP contribution in [0.4, 0.5) is 10.5 Å². The topological polar surface area (TPSA) is 117 Å². The zero-order valence-electron chi connectivity index (χ0n) is 26.3. The molecule has 1 aliphatic carbocycles. The Hall–Kier alpha value is -4.53. The summed E-state index contributed by atoms with van der Waals surface area (Å²) in [6.07, 6.45) is 1.81. The Kier molecular flexibility index (Phi) is 10.2. The fourth-order valence-electron chi connectivity index (χ4n) is 5.32. The number of carbonyl (C=O) groups is 3. The number of alkyl carbamates (subject to hydrolysis) is 1. The van der Waals surface area contributed by atoms with Crippen LogP contribution in [0.2, 0.25) is 0 Å². The molecule has 0 saturated heterocycles. The molecule has 0 spiro atoms. The molecule has 3 amide bonds. The molecule has 3 aromatic carbocycles. The second-order valence-corrected chi connectivity index (χ2v) is 12.4. The number of ether oxygens (including phenoxy) is 2. The Morgan fingerprint density at radius 2 is 1.64 bits per heavy atom. The molecule has 9 heteroatoms. The number of aromatic hydroxyl groups is 1. The molecule has 4 rings (SSSR count). The molecular formula is C35H43N3O6. The highest BCUT2D eigenvalue weighted by Gasteiger charge is 2.42. The molecule has 44 heavy (non-hydrogen) atoms. The van der Waals surface area contributed by atoms with Crippen LogP contribution in [0.25, 0.3) is 0 Å². The van der Waals surface area contributed by atoms with Gasteiger partial charge >= 0.3 is 6.09 Å². The molecule has 9 nitrogen and oxygen atoms in total. The molecule has 0 aromatic heterocycles. The number of methoxy groups -OCH3 is 1. The fraction of sp³-hybridized carbons (Fsp3) is 0.400. The zero-order chi connectivity index (χ0) is 32.0. The number of anilines is 1. The molecule has 3 aromatic rings. The summed E-state index contributed by atoms with van der Waals surface area (Å²) >= 11 is 0. The van der Waals surface area contributed by atoms with Gasteiger partial charge in [0.15, 0.2) is 0 Å². The lowest BCUT2D eigenvalue weighted by molar-refractivity contribution is -0.145. The van der Waals surface area contributed by atoms with Crippen molar-refractivity contribution in [2.24, 2.45) is 0 Å². The maximum absolute atomic E-state index is 14.7. The van der Waals surface area contributed by atoms with Crippen LogP contribution in [0.3, 0.4) is 0 Å². The molecule has 1 saturated carbocycles. The number of rotatable bonds is 10. The number of hydrogen-bond donors (Lipinski definition) is 3. The maximum Gasteiger partial charge on any atom is 0.408 e. The van der Waals surface area contributed by atoms with Crippen molar-refractivity contribution in [3.8, 4) is 11.5 Å². The Labute approximate surface area is 259 Å². The number of carbonyl (C=O) groups excluding carboxylic acids is 3. The lowest BCUT2D eigenvalue weighted by Gasteiger charge is -2.44. The zero-order valence-corrected chi connectivity index (χ0v) is 26.3. The Morgan fingerprint density at radius 1 is 0.977 bits per heavy atom. The first kappa shape index (κ1) is 32.4. The van der Waals surface area contributed by atoms with E-state index in [4.69, 9.17) is 9.47 Å². The lowest BCUT2D eigenvalue weighted by Crippen LogP contribution is -2.57. The highest BCUT2D eigenvalue weighted by molar-refractivity contribution is 5.99. The summed E-state index contributed by atoms with van der Waals surface area (Å²) in [6, 6.07) is 17.2. The van der Waals surface area contributed by atoms with E-state index >= 15 is 0 Å². The minimum Gasteiger partial charge on any atom is -0.508 e. The smallest absolute Gasteiger partial charge is 0.408 e. The van der Waals surface area contributed by atoms with Gasteiger partial charge in [-0.2, -0.15) is 0 Å². The molecule has 2 unspecified atom stereocenters. The van der Waals surface area contributed by atoms with Crippen LogP contribution in [0, 0.1) is 13.8 Å². The molecule has 234 valence electrons. The third kappa shape index (κ3) is 8.30. The monoisotopic (exact) mass is 601 g/mol. The first-order valence-corrected chi connectivity index (χ1v) is 15.0. The van der Waals surface area contributed by atoms with Crippen LogP contribution in [0.1, 0.15) is 68.3 Å². The number of aryl methyl sites for hydroxylation is 2. The standard InChI is InChI=1S/C35H43N3O6/c1-22-10-19-29(23(2)20-22)31(32(40)36-25-13-17-28(43-6)18-14-25)38(26-8-7-9-26)33(41)30(37-34(42)44-35(3,4)5)21-24-11-15-27(39)16-12-24/h10-20,26,30-31,39H,7-9,21H2,1-6H3,(H,36,40)(H,37,42). The van der Waals surface area contributed by atoms with E-state index in [1.54, 1.807) is 69.2 Å². The van der Waals surface area contributed by atoms with Crippen molar-refractivity contribution in [2.75, 3.05) is 12.4 Å². The van der Waals surface area contributed by atoms with Crippen molar-refractivity contribution in [1.29, 1.82) is 0 Å². The maximum atomic E-state index is 14.7. The van der Waals surface area contributed by atoms with Gasteiger partial charge in [0.1, 0.15) is 29.2 Å². The summed E-state index contributed by atoms with van der Waals surface area (Å²) in [7, 11) is 1.58. The number of benzene rings is 3. The minimum absolute atomic E-state index is 0.0953. The molecule has 1 fully saturated rings. The summed E-state index contributed by atoms with van der Waals surface area (Å²) in [5.74, 6) is 0.00920. The quantitative estimate of drug-likeness (QED) is 0.254. The summed E-state index contributed by atoms with van der Waals surface area (Å²) in [5, 5.41) is 15.6. The van der Waals surface area contributed by atoms with Crippen LogP contribution in [-0.2, 0) is 20.7 Å². The first-order chi connectivity index (χ1) is 20.8. The predicted molar refractivity (Wildman–Crippen MR) is 170 cm³/mol. The van der Waals surface area contributed by atoms with Crippen molar-refractivity contribution in [2.45, 2.75) is 84.0 Å². The van der Waals surface area contributed by atoms with Crippen LogP contribution < -0.4 is 15.4 Å². The van der Waals surface area contributed by atoms with Gasteiger partial charge < -0.3 is 30.1 Å². The number of amides is 3. The van der Waals surface area contributed by atoms with Gasteiger partial charge in [-0.25, -0.2) is 4.79 Å². The summed E-state index contributed by atoms with van der Waals surface area (Å²) < 4.78 is 10.8. The van der Waals surface area contributed by atoms with E-state index in [0.717, 1.165) is 36.0 Å². The number of phenols is 1.